The van der Waals surface area contributed by atoms with Gasteiger partial charge < -0.3 is 22.2 Å². The molecule has 0 spiro atoms. The fourth-order valence-corrected chi connectivity index (χ4v) is 7.52. The van der Waals surface area contributed by atoms with Crippen LogP contribution >= 0.6 is 0 Å². The molecule has 0 aliphatic heterocycles. The van der Waals surface area contributed by atoms with Gasteiger partial charge in [0.25, 0.3) is 20.2 Å². The van der Waals surface area contributed by atoms with E-state index in [1.54, 1.807) is 0 Å². The molecule has 1 atom stereocenters. The highest BCUT2D eigenvalue weighted by atomic mass is 32.2. The van der Waals surface area contributed by atoms with E-state index in [9.17, 15) is 16.8 Å². The van der Waals surface area contributed by atoms with Crippen molar-refractivity contribution in [1.82, 2.24) is 0 Å². The van der Waals surface area contributed by atoms with E-state index in [0.717, 1.165) is 26.1 Å². The molecule has 0 aliphatic carbocycles. The van der Waals surface area contributed by atoms with Gasteiger partial charge in [0.05, 0.1) is 52.3 Å². The zero-order valence-electron chi connectivity index (χ0n) is 21.9. The summed E-state index contributed by atoms with van der Waals surface area (Å²) in [5.41, 5.74) is 0. The predicted octanol–water partition coefficient (Wildman–Crippen LogP) is 1.50. The predicted molar refractivity (Wildman–Crippen MR) is 135 cm³/mol. The lowest BCUT2D eigenvalue weighted by Gasteiger charge is -2.39. The molecule has 206 valence electrons. The fraction of sp³-hybridized carbons (Fsp3) is 1.00. The second kappa shape index (κ2) is 15.2. The number of hydrogen-bond acceptors (Lipinski definition) is 7. The number of likely N-dealkylation sites (N-methyl/N-ethyl adjacent to an activating group) is 2. The maximum atomic E-state index is 11.2. The highest BCUT2D eigenvalue weighted by molar-refractivity contribution is 7.86. The van der Waals surface area contributed by atoms with E-state index in [-0.39, 0.29) is 11.5 Å². The zero-order chi connectivity index (χ0) is 26.5. The first-order valence-electron chi connectivity index (χ1n) is 12.0. The van der Waals surface area contributed by atoms with Gasteiger partial charge in [0, 0.05) is 45.1 Å². The van der Waals surface area contributed by atoms with Gasteiger partial charge in [0.1, 0.15) is 13.1 Å². The van der Waals surface area contributed by atoms with E-state index in [4.69, 9.17) is 22.4 Å². The molecule has 1 unspecified atom stereocenters. The van der Waals surface area contributed by atoms with Gasteiger partial charge in [0.2, 0.25) is 0 Å². The Kier molecular flexibility index (Phi) is 15.1. The second-order valence-corrected chi connectivity index (χ2v) is 15.4. The molecule has 34 heavy (non-hydrogen) atoms. The quantitative estimate of drug-likeness (QED) is 0.123. The molecule has 14 heteroatoms. The average Bonchev–Trinajstić information content (AvgIpc) is 2.65. The van der Waals surface area contributed by atoms with Crippen LogP contribution in [0, 0.1) is 0 Å². The van der Waals surface area contributed by atoms with Crippen molar-refractivity contribution in [2.75, 3.05) is 85.2 Å². The molecule has 0 heterocycles. The molecule has 0 aromatic rings. The third kappa shape index (κ3) is 16.5. The zero-order valence-corrected chi connectivity index (χ0v) is 24.5. The van der Waals surface area contributed by atoms with Crippen LogP contribution < -0.4 is 0 Å². The van der Waals surface area contributed by atoms with E-state index in [1.807, 2.05) is 34.9 Å². The van der Waals surface area contributed by atoms with E-state index < -0.39 is 29.0 Å². The van der Waals surface area contributed by atoms with Gasteiger partial charge in [-0.15, -0.1) is 0 Å². The van der Waals surface area contributed by atoms with Crippen LogP contribution in [0.15, 0.2) is 0 Å². The summed E-state index contributed by atoms with van der Waals surface area (Å²) in [6, 6.07) is 0.654. The first-order valence-corrected chi connectivity index (χ1v) is 17.1. The summed E-state index contributed by atoms with van der Waals surface area (Å²) in [6.45, 7) is 10.6. The molecule has 11 nitrogen and oxygen atoms in total. The monoisotopic (exact) mass is 552 g/mol. The number of nitrogens with zero attached hydrogens (tertiary/aromatic N) is 2. The summed E-state index contributed by atoms with van der Waals surface area (Å²) < 4.78 is 81.6. The molecule has 0 aliphatic rings. The third-order valence-corrected chi connectivity index (χ3v) is 10.5. The van der Waals surface area contributed by atoms with Crippen LogP contribution in [-0.2, 0) is 33.5 Å². The Balaban J connectivity index is 5.24. The molecule has 0 radical (unpaired) electrons. The van der Waals surface area contributed by atoms with E-state index in [0.29, 0.717) is 60.8 Å². The number of hydrogen-bond donors (Lipinski definition) is 2. The van der Waals surface area contributed by atoms with Crippen molar-refractivity contribution < 1.29 is 48.2 Å². The lowest BCUT2D eigenvalue weighted by molar-refractivity contribution is -0.955. The summed E-state index contributed by atoms with van der Waals surface area (Å²) in [5, 5.41) is 0. The first kappa shape index (κ1) is 33.8. The van der Waals surface area contributed by atoms with Crippen LogP contribution in [0.5, 0.6) is 0 Å². The Morgan fingerprint density at radius 3 is 1.47 bits per heavy atom. The molecule has 0 saturated heterocycles. The lowest BCUT2D eigenvalue weighted by Crippen LogP contribution is -2.54. The molecule has 0 amide bonds. The fourth-order valence-electron chi connectivity index (χ4n) is 3.94. The molecule has 0 fully saturated rings. The molecule has 0 aromatic heterocycles. The first-order chi connectivity index (χ1) is 15.5. The SMILES string of the molecule is CCO[Si](CCC[N+](C)(CCCS(=O)(=O)O)CC[N+](C)(C)CCCS(=O)(=O)O)(OCC)OCC. The van der Waals surface area contributed by atoms with Gasteiger partial charge >= 0.3 is 8.80 Å². The highest BCUT2D eigenvalue weighted by Gasteiger charge is 2.40. The van der Waals surface area contributed by atoms with Gasteiger partial charge in [-0.1, -0.05) is 0 Å². The van der Waals surface area contributed by atoms with E-state index >= 15 is 0 Å². The van der Waals surface area contributed by atoms with Crippen molar-refractivity contribution in [3.63, 3.8) is 0 Å². The smallest absolute Gasteiger partial charge is 0.374 e. The van der Waals surface area contributed by atoms with E-state index in [2.05, 4.69) is 7.05 Å². The van der Waals surface area contributed by atoms with Gasteiger partial charge in [-0.3, -0.25) is 9.11 Å². The van der Waals surface area contributed by atoms with Crippen LogP contribution in [0.4, 0.5) is 0 Å². The Morgan fingerprint density at radius 1 is 0.647 bits per heavy atom. The lowest BCUT2D eigenvalue weighted by atomic mass is 10.2. The second-order valence-electron chi connectivity index (χ2n) is 9.54. The molecule has 0 bridgehead atoms. The highest BCUT2D eigenvalue weighted by Crippen LogP contribution is 2.20. The Morgan fingerprint density at radius 2 is 1.06 bits per heavy atom. The van der Waals surface area contributed by atoms with Crippen molar-refractivity contribution in [1.29, 1.82) is 0 Å². The van der Waals surface area contributed by atoms with Crippen LogP contribution in [0.1, 0.15) is 40.0 Å². The standard InChI is InChI=1S/C20H46N2O9S2Si/c1-7-29-34(30-8-2,31-9-3)20-12-15-22(6,14-11-19-33(26,27)28)17-16-21(4,5)13-10-18-32(23,24)25/h7-20H2,1-6H3/p+2. The normalized spacial score (nSPS) is 15.4. The third-order valence-electron chi connectivity index (χ3n) is 5.78. The topological polar surface area (TPSA) is 136 Å². The van der Waals surface area contributed by atoms with E-state index in [1.165, 1.54) is 0 Å². The Hall–Kier alpha value is -0.163. The van der Waals surface area contributed by atoms with Crippen molar-refractivity contribution in [2.24, 2.45) is 0 Å². The maximum Gasteiger partial charge on any atom is 0.501 e. The minimum Gasteiger partial charge on any atom is -0.374 e. The van der Waals surface area contributed by atoms with Crippen molar-refractivity contribution in [3.8, 4) is 0 Å². The van der Waals surface area contributed by atoms with Gasteiger partial charge in [-0.05, 0) is 20.8 Å². The van der Waals surface area contributed by atoms with Crippen LogP contribution in [0.25, 0.3) is 0 Å². The van der Waals surface area contributed by atoms with Crippen LogP contribution in [0.3, 0.4) is 0 Å². The average molecular weight is 553 g/mol. The summed E-state index contributed by atoms with van der Waals surface area (Å²) in [5.74, 6) is -0.558. The largest absolute Gasteiger partial charge is 0.501 e. The molecule has 0 saturated carbocycles. The number of quaternary nitrogens is 2. The molecule has 0 aromatic carbocycles. The van der Waals surface area contributed by atoms with Crippen molar-refractivity contribution >= 4 is 29.0 Å². The summed E-state index contributed by atoms with van der Waals surface area (Å²) in [7, 11) is -4.72. The Bertz CT molecular complexity index is 762. The summed E-state index contributed by atoms with van der Waals surface area (Å²) in [4.78, 5) is 0. The minimum absolute atomic E-state index is 0.270. The maximum absolute atomic E-state index is 11.2. The van der Waals surface area contributed by atoms with Crippen LogP contribution in [-0.4, -0.2) is 129 Å². The molecular formula is C20H48N2O9S2Si+2. The summed E-state index contributed by atoms with van der Waals surface area (Å²) >= 11 is 0. The van der Waals surface area contributed by atoms with Gasteiger partial charge in [-0.2, -0.15) is 16.8 Å². The van der Waals surface area contributed by atoms with Crippen molar-refractivity contribution in [3.05, 3.63) is 0 Å². The Labute approximate surface area is 208 Å². The minimum atomic E-state index is -4.03. The summed E-state index contributed by atoms with van der Waals surface area (Å²) in [6.07, 6.45) is 1.45. The molecular weight excluding hydrogens is 504 g/mol. The molecule has 0 rings (SSSR count). The van der Waals surface area contributed by atoms with Crippen LogP contribution in [0.2, 0.25) is 6.04 Å². The van der Waals surface area contributed by atoms with Crippen molar-refractivity contribution in [2.45, 2.75) is 46.1 Å². The van der Waals surface area contributed by atoms with Gasteiger partial charge in [0.15, 0.2) is 0 Å². The molecule has 2 N–H and O–H groups in total. The number of rotatable bonds is 21. The van der Waals surface area contributed by atoms with Gasteiger partial charge in [-0.25, -0.2) is 0 Å².